The van der Waals surface area contributed by atoms with Gasteiger partial charge in [-0.25, -0.2) is 0 Å². The lowest BCUT2D eigenvalue weighted by Gasteiger charge is -2.02. The maximum Gasteiger partial charge on any atom is 0.134 e. The highest BCUT2D eigenvalue weighted by molar-refractivity contribution is 6.00. The highest BCUT2D eigenvalue weighted by atomic mass is 35.5. The summed E-state index contributed by atoms with van der Waals surface area (Å²) >= 11 is 0. The number of fused-ring (bicyclic) bond motifs is 1. The molecule has 3 nitrogen and oxygen atoms in total. The third kappa shape index (κ3) is 3.65. The molecular weight excluding hydrogens is 259 g/mol. The number of benzene rings is 1. The number of rotatable bonds is 2. The van der Waals surface area contributed by atoms with E-state index in [1.54, 1.807) is 6.26 Å². The first-order chi connectivity index (χ1) is 7.16. The number of hydrogen-bond donors (Lipinski definition) is 1. The van der Waals surface area contributed by atoms with Crippen molar-refractivity contribution in [1.29, 1.82) is 0 Å². The fraction of sp³-hybridized carbons (Fsp3) is 0.250. The van der Waals surface area contributed by atoms with Crippen molar-refractivity contribution in [1.82, 2.24) is 0 Å². The molecule has 0 bridgehead atoms. The van der Waals surface area contributed by atoms with Crippen molar-refractivity contribution in [3.05, 3.63) is 36.1 Å². The van der Waals surface area contributed by atoms with Crippen LogP contribution in [-0.2, 0) is 0 Å². The lowest BCUT2D eigenvalue weighted by atomic mass is 10.1. The topological polar surface area (TPSA) is 51.5 Å². The summed E-state index contributed by atoms with van der Waals surface area (Å²) in [6.45, 7) is 4.00. The minimum absolute atomic E-state index is 0. The molecule has 17 heavy (non-hydrogen) atoms. The van der Waals surface area contributed by atoms with E-state index in [-0.39, 0.29) is 30.9 Å². The van der Waals surface area contributed by atoms with Gasteiger partial charge in [-0.15, -0.1) is 24.8 Å². The SMILES string of the molecule is CC(C)N=C(N)c1ccc2ccoc2c1.Cl.Cl. The fourth-order valence-corrected chi connectivity index (χ4v) is 1.47. The Morgan fingerprint density at radius 3 is 2.59 bits per heavy atom. The Bertz CT molecular complexity index is 506. The van der Waals surface area contributed by atoms with Crippen LogP contribution in [0, 0.1) is 0 Å². The molecule has 1 heterocycles. The predicted molar refractivity (Wildman–Crippen MR) is 76.6 cm³/mol. The first-order valence-corrected chi connectivity index (χ1v) is 4.98. The van der Waals surface area contributed by atoms with E-state index >= 15 is 0 Å². The number of nitrogens with two attached hydrogens (primary N) is 1. The van der Waals surface area contributed by atoms with E-state index in [2.05, 4.69) is 4.99 Å². The molecule has 5 heteroatoms. The number of nitrogens with zero attached hydrogens (tertiary/aromatic N) is 1. The van der Waals surface area contributed by atoms with Gasteiger partial charge in [-0.2, -0.15) is 0 Å². The van der Waals surface area contributed by atoms with Crippen LogP contribution in [0.25, 0.3) is 11.0 Å². The molecule has 0 spiro atoms. The summed E-state index contributed by atoms with van der Waals surface area (Å²) in [6, 6.07) is 7.98. The summed E-state index contributed by atoms with van der Waals surface area (Å²) in [7, 11) is 0. The lowest BCUT2D eigenvalue weighted by Crippen LogP contribution is -2.15. The molecule has 0 atom stereocenters. The first-order valence-electron chi connectivity index (χ1n) is 4.98. The molecule has 94 valence electrons. The van der Waals surface area contributed by atoms with Gasteiger partial charge in [-0.1, -0.05) is 12.1 Å². The zero-order valence-electron chi connectivity index (χ0n) is 9.71. The molecule has 0 saturated heterocycles. The van der Waals surface area contributed by atoms with Gasteiger partial charge in [-0.3, -0.25) is 4.99 Å². The van der Waals surface area contributed by atoms with Crippen LogP contribution in [0.2, 0.25) is 0 Å². The smallest absolute Gasteiger partial charge is 0.134 e. The molecule has 0 aliphatic carbocycles. The van der Waals surface area contributed by atoms with Crippen molar-refractivity contribution in [2.24, 2.45) is 10.7 Å². The molecule has 0 aliphatic heterocycles. The molecule has 0 saturated carbocycles. The Balaban J connectivity index is 0.00000128. The van der Waals surface area contributed by atoms with Crippen LogP contribution in [0.1, 0.15) is 19.4 Å². The first kappa shape index (κ1) is 15.8. The van der Waals surface area contributed by atoms with Crippen LogP contribution in [0.15, 0.2) is 39.9 Å². The molecule has 2 rings (SSSR count). The van der Waals surface area contributed by atoms with Crippen molar-refractivity contribution in [3.8, 4) is 0 Å². The minimum Gasteiger partial charge on any atom is -0.464 e. The van der Waals surface area contributed by atoms with Crippen LogP contribution in [0.4, 0.5) is 0 Å². The van der Waals surface area contributed by atoms with E-state index in [1.165, 1.54) is 0 Å². The van der Waals surface area contributed by atoms with Crippen LogP contribution in [0.5, 0.6) is 0 Å². The average Bonchev–Trinajstić information content (AvgIpc) is 2.62. The third-order valence-electron chi connectivity index (χ3n) is 2.15. The normalized spacial score (nSPS) is 11.1. The van der Waals surface area contributed by atoms with Crippen LogP contribution in [-0.4, -0.2) is 11.9 Å². The largest absolute Gasteiger partial charge is 0.464 e. The van der Waals surface area contributed by atoms with Gasteiger partial charge in [0.15, 0.2) is 0 Å². The highest BCUT2D eigenvalue weighted by Gasteiger charge is 2.02. The minimum atomic E-state index is 0. The zero-order chi connectivity index (χ0) is 10.8. The molecule has 0 aliphatic rings. The van der Waals surface area contributed by atoms with Gasteiger partial charge in [0.05, 0.1) is 6.26 Å². The monoisotopic (exact) mass is 274 g/mol. The number of halogens is 2. The molecule has 1 aromatic carbocycles. The van der Waals surface area contributed by atoms with E-state index in [0.29, 0.717) is 5.84 Å². The van der Waals surface area contributed by atoms with Gasteiger partial charge in [0.2, 0.25) is 0 Å². The molecule has 0 fully saturated rings. The fourth-order valence-electron chi connectivity index (χ4n) is 1.47. The van der Waals surface area contributed by atoms with E-state index in [0.717, 1.165) is 16.5 Å². The van der Waals surface area contributed by atoms with Gasteiger partial charge < -0.3 is 10.2 Å². The van der Waals surface area contributed by atoms with Crippen molar-refractivity contribution in [2.45, 2.75) is 19.9 Å². The number of hydrogen-bond acceptors (Lipinski definition) is 2. The second-order valence-corrected chi connectivity index (χ2v) is 3.78. The Labute approximate surface area is 113 Å². The molecule has 0 unspecified atom stereocenters. The van der Waals surface area contributed by atoms with Crippen molar-refractivity contribution >= 4 is 41.6 Å². The lowest BCUT2D eigenvalue weighted by molar-refractivity contribution is 0.616. The quantitative estimate of drug-likeness (QED) is 0.674. The Kier molecular flexibility index (Phi) is 6.07. The molecule has 0 amide bonds. The molecule has 2 aromatic rings. The predicted octanol–water partition coefficient (Wildman–Crippen LogP) is 3.39. The summed E-state index contributed by atoms with van der Waals surface area (Å²) in [5.74, 6) is 0.559. The Morgan fingerprint density at radius 2 is 1.94 bits per heavy atom. The second-order valence-electron chi connectivity index (χ2n) is 3.78. The summed E-state index contributed by atoms with van der Waals surface area (Å²) in [5, 5.41) is 1.08. The van der Waals surface area contributed by atoms with Gasteiger partial charge in [0.1, 0.15) is 11.4 Å². The van der Waals surface area contributed by atoms with Crippen LogP contribution >= 0.6 is 24.8 Å². The second kappa shape index (κ2) is 6.52. The molecule has 1 aromatic heterocycles. The Morgan fingerprint density at radius 1 is 1.24 bits per heavy atom. The summed E-state index contributed by atoms with van der Waals surface area (Å²) < 4.78 is 5.30. The van der Waals surface area contributed by atoms with Gasteiger partial charge in [0, 0.05) is 17.0 Å². The van der Waals surface area contributed by atoms with Crippen molar-refractivity contribution in [2.75, 3.05) is 0 Å². The maximum absolute atomic E-state index is 5.86. The average molecular weight is 275 g/mol. The van der Waals surface area contributed by atoms with E-state index in [1.807, 2.05) is 38.1 Å². The van der Waals surface area contributed by atoms with E-state index in [4.69, 9.17) is 10.2 Å². The Hall–Kier alpha value is -1.19. The van der Waals surface area contributed by atoms with Gasteiger partial charge in [-0.05, 0) is 26.0 Å². The number of aliphatic imine (C=N–C) groups is 1. The van der Waals surface area contributed by atoms with Crippen molar-refractivity contribution < 1.29 is 4.42 Å². The standard InChI is InChI=1S/C12H14N2O.2ClH/c1-8(2)14-12(13)10-4-3-9-5-6-15-11(9)7-10;;/h3-8H,1-2H3,(H2,13,14);2*1H. The van der Waals surface area contributed by atoms with E-state index in [9.17, 15) is 0 Å². The highest BCUT2D eigenvalue weighted by Crippen LogP contribution is 2.16. The molecular formula is C12H16Cl2N2O. The third-order valence-corrected chi connectivity index (χ3v) is 2.15. The number of furan rings is 1. The molecule has 2 N–H and O–H groups in total. The van der Waals surface area contributed by atoms with Crippen LogP contribution in [0.3, 0.4) is 0 Å². The maximum atomic E-state index is 5.86. The molecule has 0 radical (unpaired) electrons. The number of amidine groups is 1. The van der Waals surface area contributed by atoms with Crippen molar-refractivity contribution in [3.63, 3.8) is 0 Å². The van der Waals surface area contributed by atoms with Crippen LogP contribution < -0.4 is 5.73 Å². The van der Waals surface area contributed by atoms with Gasteiger partial charge >= 0.3 is 0 Å². The zero-order valence-corrected chi connectivity index (χ0v) is 11.3. The van der Waals surface area contributed by atoms with E-state index < -0.39 is 0 Å². The summed E-state index contributed by atoms with van der Waals surface area (Å²) in [6.07, 6.45) is 1.67. The summed E-state index contributed by atoms with van der Waals surface area (Å²) in [4.78, 5) is 4.29. The summed E-state index contributed by atoms with van der Waals surface area (Å²) in [5.41, 5.74) is 7.61. The van der Waals surface area contributed by atoms with Gasteiger partial charge in [0.25, 0.3) is 0 Å².